The van der Waals surface area contributed by atoms with Gasteiger partial charge in [-0.25, -0.2) is 4.79 Å². The molecule has 0 atom stereocenters. The van der Waals surface area contributed by atoms with E-state index in [1.165, 1.54) is 0 Å². The fourth-order valence-corrected chi connectivity index (χ4v) is 3.41. The lowest BCUT2D eigenvalue weighted by atomic mass is 9.85. The first-order valence-electron chi connectivity index (χ1n) is 9.55. The van der Waals surface area contributed by atoms with Crippen molar-refractivity contribution < 1.29 is 14.3 Å². The maximum Gasteiger partial charge on any atom is 0.348 e. The molecule has 3 rings (SSSR count). The molecule has 1 saturated heterocycles. The first kappa shape index (κ1) is 19.5. The lowest BCUT2D eigenvalue weighted by Crippen LogP contribution is -2.45. The molecule has 0 aliphatic carbocycles. The van der Waals surface area contributed by atoms with Gasteiger partial charge in [-0.3, -0.25) is 0 Å². The van der Waals surface area contributed by atoms with Crippen molar-refractivity contribution in [3.8, 4) is 0 Å². The van der Waals surface area contributed by atoms with Gasteiger partial charge in [0.25, 0.3) is 0 Å². The van der Waals surface area contributed by atoms with E-state index in [9.17, 15) is 10.0 Å². The van der Waals surface area contributed by atoms with E-state index in [-0.39, 0.29) is 6.10 Å². The zero-order valence-electron chi connectivity index (χ0n) is 15.7. The Morgan fingerprint density at radius 3 is 2.04 bits per heavy atom. The van der Waals surface area contributed by atoms with Gasteiger partial charge >= 0.3 is 5.97 Å². The Morgan fingerprint density at radius 2 is 1.56 bits per heavy atom. The normalized spacial score (nSPS) is 16.2. The Kier molecular flexibility index (Phi) is 6.61. The summed E-state index contributed by atoms with van der Waals surface area (Å²) in [5.41, 5.74) is 0.180. The van der Waals surface area contributed by atoms with Crippen molar-refractivity contribution in [3.63, 3.8) is 0 Å². The number of rotatable bonds is 7. The summed E-state index contributed by atoms with van der Waals surface area (Å²) in [6.07, 6.45) is 1.61. The van der Waals surface area contributed by atoms with Gasteiger partial charge in [-0.05, 0) is 43.5 Å². The average Bonchev–Trinajstić information content (AvgIpc) is 2.72. The third kappa shape index (κ3) is 4.38. The number of nitrogens with zero attached hydrogens (tertiary/aromatic N) is 1. The Labute approximate surface area is 160 Å². The van der Waals surface area contributed by atoms with Crippen LogP contribution in [0.4, 0.5) is 0 Å². The van der Waals surface area contributed by atoms with Crippen molar-refractivity contribution in [3.05, 3.63) is 77.0 Å². The van der Waals surface area contributed by atoms with Crippen LogP contribution in [0.5, 0.6) is 0 Å². The Morgan fingerprint density at radius 1 is 1.04 bits per heavy atom. The van der Waals surface area contributed by atoms with Gasteiger partial charge in [0, 0.05) is 6.61 Å². The highest BCUT2D eigenvalue weighted by Crippen LogP contribution is 2.36. The minimum absolute atomic E-state index is 0.264. The van der Waals surface area contributed by atoms with Crippen LogP contribution in [0.1, 0.15) is 37.3 Å². The highest BCUT2D eigenvalue weighted by Gasteiger charge is 2.45. The molecule has 0 aromatic heterocycles. The van der Waals surface area contributed by atoms with Crippen LogP contribution in [0.15, 0.2) is 60.7 Å². The lowest BCUT2D eigenvalue weighted by Gasteiger charge is -2.38. The van der Waals surface area contributed by atoms with E-state index in [1.807, 2.05) is 67.6 Å². The van der Waals surface area contributed by atoms with Crippen LogP contribution in [0.25, 0.3) is 0 Å². The first-order valence-corrected chi connectivity index (χ1v) is 9.55. The highest BCUT2D eigenvalue weighted by atomic mass is 16.6. The number of carbonyl (C=O) groups is 1. The van der Waals surface area contributed by atoms with Crippen LogP contribution >= 0.6 is 0 Å². The molecule has 0 unspecified atom stereocenters. The highest BCUT2D eigenvalue weighted by molar-refractivity contribution is 5.86. The predicted octanol–water partition coefficient (Wildman–Crippen LogP) is 3.86. The van der Waals surface area contributed by atoms with Gasteiger partial charge in [0.1, 0.15) is 6.10 Å². The fourth-order valence-electron chi connectivity index (χ4n) is 3.41. The number of hydrogen-bond acceptors (Lipinski definition) is 5. The van der Waals surface area contributed by atoms with Gasteiger partial charge < -0.3 is 19.7 Å². The summed E-state index contributed by atoms with van der Waals surface area (Å²) in [5, 5.41) is 12.4. The smallest absolute Gasteiger partial charge is 0.348 e. The van der Waals surface area contributed by atoms with E-state index in [4.69, 9.17) is 9.47 Å². The zero-order valence-corrected chi connectivity index (χ0v) is 15.7. The standard InChI is InChI=1S/C22H26NO4/c1-2-17-26-22(18-9-5-3-6-10-18,19-11-7-4-8-12-19)21(24)27-20-13-15-23(25)16-14-20/h3-12,20H,2,13-17H2,1H3/q-1. The third-order valence-corrected chi connectivity index (χ3v) is 4.85. The van der Waals surface area contributed by atoms with Crippen molar-refractivity contribution in [1.29, 1.82) is 0 Å². The molecule has 0 radical (unpaired) electrons. The first-order chi connectivity index (χ1) is 13.2. The second-order valence-corrected chi connectivity index (χ2v) is 6.80. The molecule has 2 aromatic rings. The third-order valence-electron chi connectivity index (χ3n) is 4.85. The number of ether oxygens (including phenoxy) is 2. The average molecular weight is 368 g/mol. The largest absolute Gasteiger partial charge is 0.785 e. The summed E-state index contributed by atoms with van der Waals surface area (Å²) in [7, 11) is 0. The Bertz CT molecular complexity index is 672. The number of hydrogen-bond donors (Lipinski definition) is 0. The molecular formula is C22H26NO4-. The van der Waals surface area contributed by atoms with E-state index in [0.29, 0.717) is 32.5 Å². The van der Waals surface area contributed by atoms with E-state index in [0.717, 1.165) is 22.6 Å². The number of benzene rings is 2. The maximum absolute atomic E-state index is 13.5. The van der Waals surface area contributed by atoms with Crippen LogP contribution < -0.4 is 0 Å². The van der Waals surface area contributed by atoms with Gasteiger partial charge in [0.15, 0.2) is 0 Å². The van der Waals surface area contributed by atoms with E-state index < -0.39 is 11.6 Å². The SMILES string of the molecule is CCCOC(C(=O)OC1CCN([O-])CC1)(c1ccccc1)c1ccccc1. The molecule has 0 bridgehead atoms. The van der Waals surface area contributed by atoms with Gasteiger partial charge in [-0.1, -0.05) is 67.6 Å². The molecule has 1 aliphatic rings. The minimum Gasteiger partial charge on any atom is -0.785 e. The van der Waals surface area contributed by atoms with Gasteiger partial charge in [-0.15, -0.1) is 0 Å². The van der Waals surface area contributed by atoms with Crippen LogP contribution in [0.2, 0.25) is 0 Å². The van der Waals surface area contributed by atoms with Crippen LogP contribution in [0, 0.1) is 5.21 Å². The van der Waals surface area contributed by atoms with Crippen LogP contribution in [0.3, 0.4) is 0 Å². The molecule has 1 heterocycles. The molecule has 5 heteroatoms. The van der Waals surface area contributed by atoms with E-state index in [1.54, 1.807) is 0 Å². The van der Waals surface area contributed by atoms with Crippen LogP contribution in [-0.4, -0.2) is 36.8 Å². The molecule has 2 aromatic carbocycles. The summed E-state index contributed by atoms with van der Waals surface area (Å²) in [5.74, 6) is -0.419. The van der Waals surface area contributed by atoms with Gasteiger partial charge in [0.05, 0.1) is 0 Å². The monoisotopic (exact) mass is 368 g/mol. The molecule has 144 valence electrons. The predicted molar refractivity (Wildman–Crippen MR) is 104 cm³/mol. The number of piperidine rings is 1. The molecule has 0 spiro atoms. The molecule has 27 heavy (non-hydrogen) atoms. The number of hydroxylamine groups is 2. The summed E-state index contributed by atoms with van der Waals surface area (Å²) in [6, 6.07) is 19.0. The second kappa shape index (κ2) is 9.13. The number of carbonyl (C=O) groups excluding carboxylic acids is 1. The lowest BCUT2D eigenvalue weighted by molar-refractivity contribution is -0.176. The molecule has 5 nitrogen and oxygen atoms in total. The van der Waals surface area contributed by atoms with Crippen molar-refractivity contribution in [2.75, 3.05) is 19.7 Å². The van der Waals surface area contributed by atoms with Crippen LogP contribution in [-0.2, 0) is 19.9 Å². The topological polar surface area (TPSA) is 61.8 Å². The zero-order chi connectivity index (χ0) is 19.1. The van der Waals surface area contributed by atoms with Crippen molar-refractivity contribution in [2.24, 2.45) is 0 Å². The molecule has 0 amide bonds. The van der Waals surface area contributed by atoms with Gasteiger partial charge in [0.2, 0.25) is 5.60 Å². The fraction of sp³-hybridized carbons (Fsp3) is 0.409. The summed E-state index contributed by atoms with van der Waals surface area (Å²) in [6.45, 7) is 3.21. The van der Waals surface area contributed by atoms with E-state index in [2.05, 4.69) is 0 Å². The van der Waals surface area contributed by atoms with E-state index >= 15 is 0 Å². The van der Waals surface area contributed by atoms with Gasteiger partial charge in [-0.2, -0.15) is 0 Å². The van der Waals surface area contributed by atoms with Crippen molar-refractivity contribution in [1.82, 2.24) is 5.06 Å². The van der Waals surface area contributed by atoms with Crippen molar-refractivity contribution >= 4 is 5.97 Å². The molecular weight excluding hydrogens is 342 g/mol. The molecule has 0 saturated carbocycles. The summed E-state index contributed by atoms with van der Waals surface area (Å²) in [4.78, 5) is 13.5. The molecule has 1 fully saturated rings. The van der Waals surface area contributed by atoms with Crippen molar-refractivity contribution in [2.45, 2.75) is 37.9 Å². The quantitative estimate of drug-likeness (QED) is 0.695. The Hall–Kier alpha value is -2.21. The summed E-state index contributed by atoms with van der Waals surface area (Å²) < 4.78 is 12.1. The summed E-state index contributed by atoms with van der Waals surface area (Å²) >= 11 is 0. The maximum atomic E-state index is 13.5. The molecule has 0 N–H and O–H groups in total. The Balaban J connectivity index is 1.98. The minimum atomic E-state index is -1.31. The second-order valence-electron chi connectivity index (χ2n) is 6.80. The molecule has 1 aliphatic heterocycles. The number of esters is 1.